The number of rotatable bonds is 2. The van der Waals surface area contributed by atoms with Crippen LogP contribution in [0.3, 0.4) is 0 Å². The van der Waals surface area contributed by atoms with Crippen molar-refractivity contribution in [1.82, 2.24) is 5.32 Å². The molecular formula is C10H15NO4. The lowest BCUT2D eigenvalue weighted by atomic mass is 10.2. The number of hydrogen-bond donors (Lipinski definition) is 2. The minimum absolute atomic E-state index is 0.0387. The Kier molecular flexibility index (Phi) is 5.24. The molecule has 1 amide bonds. The molecule has 0 spiro atoms. The van der Waals surface area contributed by atoms with Crippen molar-refractivity contribution in [2.45, 2.75) is 39.2 Å². The van der Waals surface area contributed by atoms with Crippen LogP contribution in [-0.4, -0.2) is 22.8 Å². The number of alkyl carbamates (subject to hydrolysis) is 1. The Bertz CT molecular complexity index is 293. The van der Waals surface area contributed by atoms with Gasteiger partial charge >= 0.3 is 12.1 Å². The van der Waals surface area contributed by atoms with Gasteiger partial charge in [-0.1, -0.05) is 5.92 Å². The first-order valence-electron chi connectivity index (χ1n) is 4.50. The topological polar surface area (TPSA) is 75.6 Å². The molecule has 5 heteroatoms. The summed E-state index contributed by atoms with van der Waals surface area (Å²) in [4.78, 5) is 21.1. The SMILES string of the molecule is CC(C)(C)OC(=O)NC#CCCC(=O)O. The van der Waals surface area contributed by atoms with Crippen LogP contribution in [0, 0.1) is 12.0 Å². The summed E-state index contributed by atoms with van der Waals surface area (Å²) in [5.74, 6) is 1.58. The summed E-state index contributed by atoms with van der Waals surface area (Å²) in [6.45, 7) is 5.22. The zero-order valence-electron chi connectivity index (χ0n) is 9.09. The number of carbonyl (C=O) groups excluding carboxylic acids is 1. The molecule has 0 bridgehead atoms. The fraction of sp³-hybridized carbons (Fsp3) is 0.600. The molecule has 2 N–H and O–H groups in total. The second kappa shape index (κ2) is 5.91. The van der Waals surface area contributed by atoms with E-state index >= 15 is 0 Å². The summed E-state index contributed by atoms with van der Waals surface area (Å²) in [6, 6.07) is 2.33. The van der Waals surface area contributed by atoms with E-state index in [1.807, 2.05) is 0 Å². The smallest absolute Gasteiger partial charge is 0.419 e. The van der Waals surface area contributed by atoms with E-state index in [2.05, 4.69) is 17.3 Å². The molecule has 0 unspecified atom stereocenters. The number of carbonyl (C=O) groups is 2. The van der Waals surface area contributed by atoms with E-state index in [1.54, 1.807) is 20.8 Å². The lowest BCUT2D eigenvalue weighted by Gasteiger charge is -2.18. The number of carboxylic acids is 1. The van der Waals surface area contributed by atoms with Gasteiger partial charge in [0.05, 0.1) is 6.42 Å². The highest BCUT2D eigenvalue weighted by atomic mass is 16.6. The van der Waals surface area contributed by atoms with Crippen molar-refractivity contribution in [3.63, 3.8) is 0 Å². The van der Waals surface area contributed by atoms with E-state index in [0.717, 1.165) is 0 Å². The van der Waals surface area contributed by atoms with Crippen molar-refractivity contribution in [3.8, 4) is 12.0 Å². The van der Waals surface area contributed by atoms with Gasteiger partial charge in [0.25, 0.3) is 0 Å². The molecular weight excluding hydrogens is 198 g/mol. The lowest BCUT2D eigenvalue weighted by Crippen LogP contribution is -2.29. The Hall–Kier alpha value is -1.70. The highest BCUT2D eigenvalue weighted by Gasteiger charge is 2.14. The van der Waals surface area contributed by atoms with Crippen LogP contribution in [0.2, 0.25) is 0 Å². The van der Waals surface area contributed by atoms with Gasteiger partial charge in [0.1, 0.15) is 5.60 Å². The summed E-state index contributed by atoms with van der Waals surface area (Å²) in [6.07, 6.45) is -0.473. The molecule has 0 saturated carbocycles. The first-order valence-corrected chi connectivity index (χ1v) is 4.50. The van der Waals surface area contributed by atoms with Gasteiger partial charge in [-0.25, -0.2) is 10.1 Å². The maximum absolute atomic E-state index is 11.0. The van der Waals surface area contributed by atoms with Gasteiger partial charge in [-0.15, -0.1) is 0 Å². The highest BCUT2D eigenvalue weighted by Crippen LogP contribution is 2.05. The minimum atomic E-state index is -0.915. The summed E-state index contributed by atoms with van der Waals surface area (Å²) < 4.78 is 4.90. The fourth-order valence-electron chi connectivity index (χ4n) is 0.631. The van der Waals surface area contributed by atoms with E-state index in [4.69, 9.17) is 9.84 Å². The van der Waals surface area contributed by atoms with E-state index < -0.39 is 17.7 Å². The first kappa shape index (κ1) is 13.3. The molecule has 0 rings (SSSR count). The molecule has 0 aromatic rings. The van der Waals surface area contributed by atoms with Crippen LogP contribution in [0.25, 0.3) is 0 Å². The molecule has 15 heavy (non-hydrogen) atoms. The van der Waals surface area contributed by atoms with Gasteiger partial charge < -0.3 is 9.84 Å². The number of carboxylic acid groups (broad SMARTS) is 1. The van der Waals surface area contributed by atoms with Crippen LogP contribution in [-0.2, 0) is 9.53 Å². The molecule has 0 heterocycles. The largest absolute Gasteiger partial charge is 0.481 e. The van der Waals surface area contributed by atoms with Gasteiger partial charge in [0.2, 0.25) is 0 Å². The van der Waals surface area contributed by atoms with Gasteiger partial charge in [-0.2, -0.15) is 0 Å². The van der Waals surface area contributed by atoms with Crippen LogP contribution in [0.1, 0.15) is 33.6 Å². The normalized spacial score (nSPS) is 9.80. The van der Waals surface area contributed by atoms with E-state index in [9.17, 15) is 9.59 Å². The quantitative estimate of drug-likeness (QED) is 0.536. The van der Waals surface area contributed by atoms with Crippen molar-refractivity contribution in [2.24, 2.45) is 0 Å². The summed E-state index contributed by atoms with van der Waals surface area (Å²) in [5.41, 5.74) is -0.563. The molecule has 0 atom stereocenters. The molecule has 0 aliphatic carbocycles. The maximum Gasteiger partial charge on any atom is 0.419 e. The fourth-order valence-corrected chi connectivity index (χ4v) is 0.631. The molecule has 0 aliphatic heterocycles. The van der Waals surface area contributed by atoms with Gasteiger partial charge in [-0.3, -0.25) is 4.79 Å². The summed E-state index contributed by atoms with van der Waals surface area (Å²) >= 11 is 0. The van der Waals surface area contributed by atoms with Gasteiger partial charge in [0.15, 0.2) is 0 Å². The standard InChI is InChI=1S/C10H15NO4/c1-10(2,3)15-9(14)11-7-5-4-6-8(12)13/h4,6H2,1-3H3,(H,11,14)(H,12,13). The van der Waals surface area contributed by atoms with Crippen molar-refractivity contribution in [1.29, 1.82) is 0 Å². The first-order chi connectivity index (χ1) is 6.81. The molecule has 0 aromatic heterocycles. The third-order valence-corrected chi connectivity index (χ3v) is 1.12. The van der Waals surface area contributed by atoms with E-state index in [0.29, 0.717) is 0 Å². The highest BCUT2D eigenvalue weighted by molar-refractivity contribution is 5.70. The van der Waals surface area contributed by atoms with Gasteiger partial charge in [0, 0.05) is 12.5 Å². The van der Waals surface area contributed by atoms with Crippen molar-refractivity contribution < 1.29 is 19.4 Å². The third kappa shape index (κ3) is 10.2. The van der Waals surface area contributed by atoms with E-state index in [1.165, 1.54) is 0 Å². The van der Waals surface area contributed by atoms with Crippen LogP contribution in [0.4, 0.5) is 4.79 Å². The molecule has 5 nitrogen and oxygen atoms in total. The average molecular weight is 213 g/mol. The van der Waals surface area contributed by atoms with E-state index in [-0.39, 0.29) is 12.8 Å². The van der Waals surface area contributed by atoms with Crippen LogP contribution >= 0.6 is 0 Å². The second-order valence-corrected chi connectivity index (χ2v) is 3.82. The number of amides is 1. The maximum atomic E-state index is 11.0. The average Bonchev–Trinajstić information content (AvgIpc) is 1.99. The van der Waals surface area contributed by atoms with Crippen LogP contribution in [0.15, 0.2) is 0 Å². The Morgan fingerprint density at radius 1 is 1.40 bits per heavy atom. The molecule has 0 aliphatic rings. The van der Waals surface area contributed by atoms with Crippen LogP contribution in [0.5, 0.6) is 0 Å². The zero-order chi connectivity index (χ0) is 11.9. The third-order valence-electron chi connectivity index (χ3n) is 1.12. The van der Waals surface area contributed by atoms with Crippen molar-refractivity contribution in [3.05, 3.63) is 0 Å². The monoisotopic (exact) mass is 213 g/mol. The number of hydrogen-bond acceptors (Lipinski definition) is 3. The summed E-state index contributed by atoms with van der Waals surface area (Å²) in [5, 5.41) is 10.5. The Morgan fingerprint density at radius 2 is 2.00 bits per heavy atom. The molecule has 0 radical (unpaired) electrons. The predicted octanol–water partition coefficient (Wildman–Crippen LogP) is 1.34. The molecule has 84 valence electrons. The Balaban J connectivity index is 3.75. The zero-order valence-corrected chi connectivity index (χ0v) is 9.09. The Labute approximate surface area is 88.8 Å². The van der Waals surface area contributed by atoms with Gasteiger partial charge in [-0.05, 0) is 20.8 Å². The predicted molar refractivity (Wildman–Crippen MR) is 54.0 cm³/mol. The number of ether oxygens (including phenoxy) is 1. The number of nitrogens with one attached hydrogen (secondary N) is 1. The second-order valence-electron chi connectivity index (χ2n) is 3.82. The summed E-state index contributed by atoms with van der Waals surface area (Å²) in [7, 11) is 0. The number of aliphatic carboxylic acids is 1. The van der Waals surface area contributed by atoms with Crippen molar-refractivity contribution in [2.75, 3.05) is 0 Å². The molecule has 0 aromatic carbocycles. The van der Waals surface area contributed by atoms with Crippen LogP contribution < -0.4 is 5.32 Å². The molecule has 0 fully saturated rings. The Morgan fingerprint density at radius 3 is 2.47 bits per heavy atom. The molecule has 0 saturated heterocycles. The minimum Gasteiger partial charge on any atom is -0.481 e. The van der Waals surface area contributed by atoms with Crippen molar-refractivity contribution >= 4 is 12.1 Å². The lowest BCUT2D eigenvalue weighted by molar-refractivity contribution is -0.136.